The maximum atomic E-state index is 12.4. The summed E-state index contributed by atoms with van der Waals surface area (Å²) in [7, 11) is 1.65. The molecule has 9 nitrogen and oxygen atoms in total. The summed E-state index contributed by atoms with van der Waals surface area (Å²) in [4.78, 5) is 38.0. The number of halogens is 1. The molecule has 3 unspecified atom stereocenters. The summed E-state index contributed by atoms with van der Waals surface area (Å²) in [5.41, 5.74) is 1.90. The van der Waals surface area contributed by atoms with Gasteiger partial charge in [-0.25, -0.2) is 0 Å². The van der Waals surface area contributed by atoms with Crippen LogP contribution in [-0.4, -0.2) is 77.4 Å². The second-order valence-corrected chi connectivity index (χ2v) is 12.4. The Morgan fingerprint density at radius 2 is 1.75 bits per heavy atom. The third-order valence-corrected chi connectivity index (χ3v) is 8.66. The predicted octanol–water partition coefficient (Wildman–Crippen LogP) is -1.93. The van der Waals surface area contributed by atoms with Crippen molar-refractivity contribution in [3.05, 3.63) is 29.8 Å². The van der Waals surface area contributed by atoms with Gasteiger partial charge in [0.2, 0.25) is 0 Å². The number of anilines is 1. The molecule has 0 saturated carbocycles. The van der Waals surface area contributed by atoms with E-state index in [4.69, 9.17) is 4.74 Å². The van der Waals surface area contributed by atoms with Crippen LogP contribution < -0.4 is 36.7 Å². The van der Waals surface area contributed by atoms with E-state index in [0.717, 1.165) is 18.8 Å². The first-order valence-electron chi connectivity index (χ1n) is 10.6. The molecule has 1 fully saturated rings. The van der Waals surface area contributed by atoms with Crippen LogP contribution in [0.3, 0.4) is 0 Å². The molecular weight excluding hydrogens is 527 g/mol. The number of hydrogen-bond acceptors (Lipinski definition) is 6. The average molecular weight is 561 g/mol. The molecular formula is C22H34IN4O5-. The van der Waals surface area contributed by atoms with Crippen molar-refractivity contribution in [2.75, 3.05) is 38.1 Å². The second kappa shape index (κ2) is 12.4. The topological polar surface area (TPSA) is 111 Å². The quantitative estimate of drug-likeness (QED) is 0.252. The van der Waals surface area contributed by atoms with E-state index in [1.165, 1.54) is 24.3 Å². The van der Waals surface area contributed by atoms with Crippen molar-refractivity contribution in [1.82, 2.24) is 15.5 Å². The van der Waals surface area contributed by atoms with E-state index in [0.29, 0.717) is 7.85 Å². The molecule has 1 aliphatic rings. The van der Waals surface area contributed by atoms with Gasteiger partial charge in [0.05, 0.1) is 0 Å². The number of nitrogens with one attached hydrogen (secondary N) is 2. The summed E-state index contributed by atoms with van der Waals surface area (Å²) in [6.07, 6.45) is -1.62. The number of hydrogen-bond donors (Lipinski definition) is 3. The van der Waals surface area contributed by atoms with E-state index in [9.17, 15) is 19.5 Å². The van der Waals surface area contributed by atoms with Gasteiger partial charge in [-0.2, -0.15) is 0 Å². The molecule has 0 spiro atoms. The first-order chi connectivity index (χ1) is 15.1. The van der Waals surface area contributed by atoms with Gasteiger partial charge in [-0.05, 0) is 0 Å². The van der Waals surface area contributed by atoms with Gasteiger partial charge in [0.25, 0.3) is 0 Å². The van der Waals surface area contributed by atoms with Crippen LogP contribution >= 0.6 is 0 Å². The molecule has 4 atom stereocenters. The zero-order valence-electron chi connectivity index (χ0n) is 19.3. The Bertz CT molecular complexity index is 791. The van der Waals surface area contributed by atoms with Crippen molar-refractivity contribution < 1.29 is 45.4 Å². The zero-order valence-corrected chi connectivity index (χ0v) is 21.5. The van der Waals surface area contributed by atoms with Gasteiger partial charge in [0, 0.05) is 6.92 Å². The molecule has 0 aromatic heterocycles. The molecule has 3 N–H and O–H groups in total. The second-order valence-electron chi connectivity index (χ2n) is 8.03. The number of ether oxygens (including phenoxy) is 1. The van der Waals surface area contributed by atoms with E-state index < -0.39 is 18.4 Å². The van der Waals surface area contributed by atoms with E-state index in [1.807, 2.05) is 29.2 Å². The van der Waals surface area contributed by atoms with E-state index >= 15 is 0 Å². The Morgan fingerprint density at radius 3 is 2.34 bits per heavy atom. The summed E-state index contributed by atoms with van der Waals surface area (Å²) in [6.45, 7) is 8.85. The fourth-order valence-electron chi connectivity index (χ4n) is 3.32. The van der Waals surface area contributed by atoms with Crippen LogP contribution in [0, 0.1) is 0 Å². The summed E-state index contributed by atoms with van der Waals surface area (Å²) in [5.74, 6) is -0.321. The fourth-order valence-corrected chi connectivity index (χ4v) is 7.10. The molecule has 0 aliphatic carbocycles. The normalized spacial score (nSPS) is 20.9. The zero-order chi connectivity index (χ0) is 23.8. The van der Waals surface area contributed by atoms with Gasteiger partial charge < -0.3 is 0 Å². The number of rotatable bonds is 8. The number of carbonyl (C=O) groups is 3. The summed E-state index contributed by atoms with van der Waals surface area (Å²) < 4.78 is 6.24. The Kier molecular flexibility index (Phi) is 10.2. The van der Waals surface area contributed by atoms with E-state index in [-0.39, 0.29) is 46.1 Å². The van der Waals surface area contributed by atoms with Gasteiger partial charge in [-0.1, -0.05) is 0 Å². The summed E-state index contributed by atoms with van der Waals surface area (Å²) in [5, 5.41) is 15.8. The number of nitrogens with zero attached hydrogens (tertiary/aromatic N) is 2. The van der Waals surface area contributed by atoms with E-state index in [1.54, 1.807) is 14.0 Å². The minimum atomic E-state index is -0.701. The van der Waals surface area contributed by atoms with Crippen LogP contribution in [0.4, 0.5) is 10.5 Å². The third-order valence-electron chi connectivity index (χ3n) is 5.06. The van der Waals surface area contributed by atoms with Crippen molar-refractivity contribution in [3.8, 4) is 0 Å². The van der Waals surface area contributed by atoms with Crippen molar-refractivity contribution in [1.29, 1.82) is 0 Å². The summed E-state index contributed by atoms with van der Waals surface area (Å²) in [6, 6.07) is 7.85. The number of benzene rings is 1. The van der Waals surface area contributed by atoms with Crippen molar-refractivity contribution in [2.45, 2.75) is 47.9 Å². The van der Waals surface area contributed by atoms with Gasteiger partial charge in [-0.15, -0.1) is 0 Å². The van der Waals surface area contributed by atoms with Gasteiger partial charge >= 0.3 is 189 Å². The molecule has 1 aliphatic heterocycles. The van der Waals surface area contributed by atoms with Crippen molar-refractivity contribution >= 4 is 23.6 Å². The van der Waals surface area contributed by atoms with Crippen LogP contribution in [0.25, 0.3) is 0 Å². The predicted molar refractivity (Wildman–Crippen MR) is 118 cm³/mol. The van der Waals surface area contributed by atoms with Gasteiger partial charge in [-0.3, -0.25) is 4.79 Å². The molecule has 180 valence electrons. The van der Waals surface area contributed by atoms with Gasteiger partial charge in [0.15, 0.2) is 0 Å². The first-order valence-corrected chi connectivity index (χ1v) is 13.1. The molecule has 1 heterocycles. The Balaban J connectivity index is 1.97. The number of carbonyl (C=O) groups excluding carboxylic acids is 3. The number of aliphatic hydroxyl groups excluding tert-OH is 1. The minimum absolute atomic E-state index is 0.108. The third kappa shape index (κ3) is 8.21. The SMILES string of the molecule is CC(=O)NCC(O)N1CC(C)[I-]C(c2ccc(N(C)C(=O)O[C@H](C)CNC(C)=O)cc2)C1. The number of aliphatic hydroxyl groups is 1. The Labute approximate surface area is 200 Å². The average Bonchev–Trinajstić information content (AvgIpc) is 2.75. The molecule has 2 rings (SSSR count). The molecule has 10 heteroatoms. The monoisotopic (exact) mass is 561 g/mol. The number of amides is 3. The van der Waals surface area contributed by atoms with Crippen molar-refractivity contribution in [3.63, 3.8) is 0 Å². The Morgan fingerprint density at radius 1 is 1.16 bits per heavy atom. The van der Waals surface area contributed by atoms with Crippen LogP contribution in [0.1, 0.15) is 37.2 Å². The molecule has 0 radical (unpaired) electrons. The molecule has 1 aromatic rings. The van der Waals surface area contributed by atoms with E-state index in [2.05, 4.69) is 17.6 Å². The maximum absolute atomic E-state index is 12.4. The van der Waals surface area contributed by atoms with Gasteiger partial charge in [0.1, 0.15) is 0 Å². The molecule has 32 heavy (non-hydrogen) atoms. The molecule has 3 amide bonds. The van der Waals surface area contributed by atoms with Crippen LogP contribution in [-0.2, 0) is 14.3 Å². The standard InChI is InChI=1S/C22H34IN4O5/c1-14-12-27(21(30)11-25-17(4)29)13-20(23-14)18-6-8-19(9-7-18)26(5)22(31)32-15(2)10-24-16(3)28/h6-9,14-15,20-21,30H,10-13H2,1-5H3,(H,24,28)(H,25,29)/q-1/t14?,15-,20?,21?/m1/s1. The van der Waals surface area contributed by atoms with Crippen LogP contribution in [0.5, 0.6) is 0 Å². The summed E-state index contributed by atoms with van der Waals surface area (Å²) >= 11 is -0.108. The molecule has 1 saturated heterocycles. The number of alkyl halides is 2. The molecule has 1 aromatic carbocycles. The fraction of sp³-hybridized carbons (Fsp3) is 0.591. The van der Waals surface area contributed by atoms with Crippen LogP contribution in [0.2, 0.25) is 0 Å². The van der Waals surface area contributed by atoms with Crippen LogP contribution in [0.15, 0.2) is 24.3 Å². The van der Waals surface area contributed by atoms with Crippen molar-refractivity contribution in [2.24, 2.45) is 0 Å². The molecule has 0 bridgehead atoms. The Hall–Kier alpha value is -1.92. The first kappa shape index (κ1) is 26.3.